The summed E-state index contributed by atoms with van der Waals surface area (Å²) >= 11 is 0. The van der Waals surface area contributed by atoms with E-state index in [4.69, 9.17) is 20.9 Å². The van der Waals surface area contributed by atoms with Gasteiger partial charge in [-0.3, -0.25) is 0 Å². The fourth-order valence-electron chi connectivity index (χ4n) is 3.72. The predicted octanol–water partition coefficient (Wildman–Crippen LogP) is 0.941. The number of nitrogens with two attached hydrogens (primary N) is 2. The van der Waals surface area contributed by atoms with Gasteiger partial charge in [-0.15, -0.1) is 0 Å². The molecule has 0 aromatic rings. The first-order valence-corrected chi connectivity index (χ1v) is 8.44. The third-order valence-electron chi connectivity index (χ3n) is 4.13. The van der Waals surface area contributed by atoms with Crippen molar-refractivity contribution in [3.8, 4) is 0 Å². The molecule has 1 aliphatic carbocycles. The van der Waals surface area contributed by atoms with Crippen molar-refractivity contribution < 1.29 is 19.1 Å². The maximum atomic E-state index is 11.8. The number of hydrogen-bond acceptors (Lipinski definition) is 6. The van der Waals surface area contributed by atoms with Crippen molar-refractivity contribution >= 4 is 12.2 Å². The van der Waals surface area contributed by atoms with Crippen LogP contribution in [0.15, 0.2) is 0 Å². The average molecular weight is 344 g/mol. The lowest BCUT2D eigenvalue weighted by molar-refractivity contribution is 0.0629. The van der Waals surface area contributed by atoms with Crippen molar-refractivity contribution in [1.82, 2.24) is 10.6 Å². The monoisotopic (exact) mass is 344 g/mol. The Kier molecular flexibility index (Phi) is 7.75. The van der Waals surface area contributed by atoms with Gasteiger partial charge in [0, 0.05) is 25.7 Å². The smallest absolute Gasteiger partial charge is 0.407 e. The molecule has 0 aromatic carbocycles. The van der Waals surface area contributed by atoms with Gasteiger partial charge in [-0.2, -0.15) is 0 Å². The van der Waals surface area contributed by atoms with Gasteiger partial charge in [0.05, 0.1) is 0 Å². The van der Waals surface area contributed by atoms with Crippen LogP contribution in [0.25, 0.3) is 0 Å². The topological polar surface area (TPSA) is 129 Å². The summed E-state index contributed by atoms with van der Waals surface area (Å²) in [6.07, 6.45) is 1.65. The normalized spacial score (nSPS) is 25.6. The van der Waals surface area contributed by atoms with E-state index in [0.29, 0.717) is 19.6 Å². The fraction of sp³-hybridized carbons (Fsp3) is 0.875. The largest absolute Gasteiger partial charge is 0.448 e. The Balaban J connectivity index is 2.59. The lowest BCUT2D eigenvalue weighted by atomic mass is 9.62. The molecular weight excluding hydrogens is 312 g/mol. The molecule has 8 nitrogen and oxygen atoms in total. The molecule has 2 amide bonds. The number of carbonyl (C=O) groups excluding carboxylic acids is 2. The van der Waals surface area contributed by atoms with E-state index in [9.17, 15) is 9.59 Å². The first-order valence-electron chi connectivity index (χ1n) is 8.44. The zero-order valence-corrected chi connectivity index (χ0v) is 15.0. The molecule has 8 heteroatoms. The number of ether oxygens (including phenoxy) is 2. The van der Waals surface area contributed by atoms with Crippen molar-refractivity contribution in [2.45, 2.75) is 46.1 Å². The summed E-state index contributed by atoms with van der Waals surface area (Å²) in [6, 6.07) is -0.00844. The van der Waals surface area contributed by atoms with Crippen LogP contribution in [0.5, 0.6) is 0 Å². The summed E-state index contributed by atoms with van der Waals surface area (Å²) in [5.74, 6) is 0. The molecule has 0 radical (unpaired) electrons. The third-order valence-corrected chi connectivity index (χ3v) is 4.13. The fourth-order valence-corrected chi connectivity index (χ4v) is 3.72. The van der Waals surface area contributed by atoms with Crippen molar-refractivity contribution in [2.24, 2.45) is 22.3 Å². The number of carbonyl (C=O) groups is 2. The van der Waals surface area contributed by atoms with Crippen molar-refractivity contribution in [3.63, 3.8) is 0 Å². The van der Waals surface area contributed by atoms with Crippen LogP contribution in [0.4, 0.5) is 9.59 Å². The average Bonchev–Trinajstić information content (AvgIpc) is 2.47. The molecule has 1 aliphatic rings. The number of hydrogen-bond donors (Lipinski definition) is 4. The number of nitrogens with one attached hydrogen (secondary N) is 2. The Morgan fingerprint density at radius 2 is 1.62 bits per heavy atom. The summed E-state index contributed by atoms with van der Waals surface area (Å²) in [6.45, 7) is 7.92. The predicted molar refractivity (Wildman–Crippen MR) is 91.5 cm³/mol. The van der Waals surface area contributed by atoms with Gasteiger partial charge in [-0.25, -0.2) is 9.59 Å². The summed E-state index contributed by atoms with van der Waals surface area (Å²) in [4.78, 5) is 23.4. The van der Waals surface area contributed by atoms with Gasteiger partial charge in [-0.05, 0) is 30.1 Å². The van der Waals surface area contributed by atoms with Crippen LogP contribution < -0.4 is 22.1 Å². The van der Waals surface area contributed by atoms with Gasteiger partial charge in [0.15, 0.2) is 0 Å². The lowest BCUT2D eigenvalue weighted by Crippen LogP contribution is -2.50. The second-order valence-corrected chi connectivity index (χ2v) is 7.60. The van der Waals surface area contributed by atoms with E-state index in [0.717, 1.165) is 19.3 Å². The van der Waals surface area contributed by atoms with Gasteiger partial charge in [0.1, 0.15) is 13.2 Å². The zero-order valence-electron chi connectivity index (χ0n) is 15.0. The van der Waals surface area contributed by atoms with E-state index < -0.39 is 12.2 Å². The molecule has 140 valence electrons. The molecule has 0 heterocycles. The van der Waals surface area contributed by atoms with E-state index in [1.165, 1.54) is 0 Å². The van der Waals surface area contributed by atoms with Crippen LogP contribution >= 0.6 is 0 Å². The van der Waals surface area contributed by atoms with Crippen LogP contribution in [-0.2, 0) is 9.47 Å². The van der Waals surface area contributed by atoms with Gasteiger partial charge in [-0.1, -0.05) is 20.8 Å². The highest BCUT2D eigenvalue weighted by molar-refractivity contribution is 5.68. The van der Waals surface area contributed by atoms with Crippen LogP contribution in [0.2, 0.25) is 0 Å². The van der Waals surface area contributed by atoms with E-state index in [-0.39, 0.29) is 30.1 Å². The Hall–Kier alpha value is -1.54. The Labute approximate surface area is 144 Å². The summed E-state index contributed by atoms with van der Waals surface area (Å²) < 4.78 is 9.93. The molecule has 1 fully saturated rings. The first kappa shape index (κ1) is 20.5. The van der Waals surface area contributed by atoms with Crippen molar-refractivity contribution in [2.75, 3.05) is 32.8 Å². The Morgan fingerprint density at radius 1 is 1.04 bits per heavy atom. The highest BCUT2D eigenvalue weighted by Gasteiger charge is 2.42. The van der Waals surface area contributed by atoms with Crippen LogP contribution in [0.3, 0.4) is 0 Å². The Morgan fingerprint density at radius 3 is 2.21 bits per heavy atom. The molecule has 24 heavy (non-hydrogen) atoms. The maximum absolute atomic E-state index is 11.8. The molecule has 0 aliphatic heterocycles. The number of rotatable bonds is 7. The van der Waals surface area contributed by atoms with Gasteiger partial charge in [0.2, 0.25) is 0 Å². The minimum absolute atomic E-state index is 0.00844. The summed E-state index contributed by atoms with van der Waals surface area (Å²) in [5, 5.41) is 5.71. The second-order valence-electron chi connectivity index (χ2n) is 7.60. The van der Waals surface area contributed by atoms with Gasteiger partial charge < -0.3 is 31.6 Å². The molecular formula is C16H32N4O4. The van der Waals surface area contributed by atoms with Crippen molar-refractivity contribution in [3.05, 3.63) is 0 Å². The molecule has 2 unspecified atom stereocenters. The van der Waals surface area contributed by atoms with Crippen LogP contribution in [0, 0.1) is 10.8 Å². The second kappa shape index (κ2) is 9.08. The minimum atomic E-state index is -0.461. The van der Waals surface area contributed by atoms with Gasteiger partial charge >= 0.3 is 12.2 Å². The quantitative estimate of drug-likeness (QED) is 0.544. The van der Waals surface area contributed by atoms with Crippen LogP contribution in [-0.4, -0.2) is 51.1 Å². The SMILES string of the molecule is CC1(C)CC(NC(=O)OCCN)CC(C)(CNC(=O)OCCN)C1. The van der Waals surface area contributed by atoms with Gasteiger partial charge in [0.25, 0.3) is 0 Å². The molecule has 1 saturated carbocycles. The lowest BCUT2D eigenvalue weighted by Gasteiger charge is -2.46. The molecule has 0 saturated heterocycles. The molecule has 0 bridgehead atoms. The summed E-state index contributed by atoms with van der Waals surface area (Å²) in [5.41, 5.74) is 10.5. The van der Waals surface area contributed by atoms with Crippen molar-refractivity contribution in [1.29, 1.82) is 0 Å². The highest BCUT2D eigenvalue weighted by atomic mass is 16.6. The highest BCUT2D eigenvalue weighted by Crippen LogP contribution is 2.45. The standard InChI is InChI=1S/C16H32N4O4/c1-15(2)8-12(20-14(22)24-7-5-18)9-16(3,10-15)11-19-13(21)23-6-4-17/h12H,4-11,17-18H2,1-3H3,(H,19,21)(H,20,22). The summed E-state index contributed by atoms with van der Waals surface area (Å²) in [7, 11) is 0. The number of alkyl carbamates (subject to hydrolysis) is 2. The minimum Gasteiger partial charge on any atom is -0.448 e. The zero-order chi connectivity index (χ0) is 18.2. The molecule has 0 spiro atoms. The maximum Gasteiger partial charge on any atom is 0.407 e. The van der Waals surface area contributed by atoms with E-state index >= 15 is 0 Å². The molecule has 2 atom stereocenters. The van der Waals surface area contributed by atoms with E-state index in [1.54, 1.807) is 0 Å². The van der Waals surface area contributed by atoms with E-state index in [2.05, 4.69) is 31.4 Å². The molecule has 6 N–H and O–H groups in total. The van der Waals surface area contributed by atoms with E-state index in [1.807, 2.05) is 0 Å². The van der Waals surface area contributed by atoms with Crippen LogP contribution in [0.1, 0.15) is 40.0 Å². The number of amides is 2. The molecule has 0 aromatic heterocycles. The third kappa shape index (κ3) is 7.35. The Bertz CT molecular complexity index is 430. The molecule has 1 rings (SSSR count). The first-order chi connectivity index (χ1) is 11.2.